The van der Waals surface area contributed by atoms with E-state index in [1.54, 1.807) is 13.0 Å². The van der Waals surface area contributed by atoms with Crippen molar-refractivity contribution in [1.29, 1.82) is 0 Å². The van der Waals surface area contributed by atoms with Gasteiger partial charge in [0.2, 0.25) is 0 Å². The van der Waals surface area contributed by atoms with Gasteiger partial charge in [0, 0.05) is 37.6 Å². The van der Waals surface area contributed by atoms with Crippen LogP contribution in [0.4, 0.5) is 23.2 Å². The van der Waals surface area contributed by atoms with Gasteiger partial charge in [-0.25, -0.2) is 4.39 Å². The van der Waals surface area contributed by atoms with Crippen LogP contribution in [0.3, 0.4) is 0 Å². The third-order valence-electron chi connectivity index (χ3n) is 5.19. The molecule has 1 saturated heterocycles. The molecule has 1 aliphatic heterocycles. The highest BCUT2D eigenvalue weighted by Crippen LogP contribution is 2.34. The summed E-state index contributed by atoms with van der Waals surface area (Å²) in [6.07, 6.45) is -3.23. The Bertz CT molecular complexity index is 813. The molecule has 0 amide bonds. The molecule has 0 radical (unpaired) electrons. The average Bonchev–Trinajstić information content (AvgIpc) is 2.68. The predicted octanol–water partition coefficient (Wildman–Crippen LogP) is 5.67. The van der Waals surface area contributed by atoms with Crippen molar-refractivity contribution >= 4 is 17.4 Å². The van der Waals surface area contributed by atoms with E-state index in [-0.39, 0.29) is 5.82 Å². The van der Waals surface area contributed by atoms with Crippen molar-refractivity contribution in [2.75, 3.05) is 36.8 Å². The first-order valence-electron chi connectivity index (χ1n) is 9.80. The van der Waals surface area contributed by atoms with E-state index < -0.39 is 11.9 Å². The van der Waals surface area contributed by atoms with Crippen molar-refractivity contribution in [2.45, 2.75) is 37.9 Å². The number of anilines is 1. The van der Waals surface area contributed by atoms with Crippen LogP contribution in [0.2, 0.25) is 0 Å². The van der Waals surface area contributed by atoms with Gasteiger partial charge >= 0.3 is 6.18 Å². The molecular formula is C22H26F4N2S. The maximum atomic E-state index is 14.5. The molecule has 29 heavy (non-hydrogen) atoms. The fourth-order valence-corrected chi connectivity index (χ4v) is 4.29. The van der Waals surface area contributed by atoms with Gasteiger partial charge in [-0.3, -0.25) is 4.90 Å². The lowest BCUT2D eigenvalue weighted by Crippen LogP contribution is -2.46. The smallest absolute Gasteiger partial charge is 0.367 e. The topological polar surface area (TPSA) is 6.48 Å². The number of hydrogen-bond donors (Lipinski definition) is 0. The van der Waals surface area contributed by atoms with E-state index >= 15 is 0 Å². The third-order valence-corrected chi connectivity index (χ3v) is 6.41. The summed E-state index contributed by atoms with van der Waals surface area (Å²) in [7, 11) is 0. The average molecular weight is 427 g/mol. The van der Waals surface area contributed by atoms with Crippen LogP contribution in [0.1, 0.15) is 23.6 Å². The van der Waals surface area contributed by atoms with Gasteiger partial charge in [0.25, 0.3) is 0 Å². The summed E-state index contributed by atoms with van der Waals surface area (Å²) < 4.78 is 52.2. The zero-order chi connectivity index (χ0) is 21.0. The number of benzene rings is 2. The number of hydrogen-bond acceptors (Lipinski definition) is 3. The highest BCUT2D eigenvalue weighted by atomic mass is 32.2. The third kappa shape index (κ3) is 6.12. The molecule has 0 N–H and O–H groups in total. The van der Waals surface area contributed by atoms with Crippen LogP contribution >= 0.6 is 11.8 Å². The highest BCUT2D eigenvalue weighted by Gasteiger charge is 2.28. The lowest BCUT2D eigenvalue weighted by atomic mass is 10.1. The van der Waals surface area contributed by atoms with Crippen LogP contribution in [0.15, 0.2) is 41.3 Å². The zero-order valence-electron chi connectivity index (χ0n) is 16.7. The van der Waals surface area contributed by atoms with Gasteiger partial charge in [0.05, 0.1) is 11.4 Å². The first kappa shape index (κ1) is 22.0. The van der Waals surface area contributed by atoms with Crippen molar-refractivity contribution in [2.24, 2.45) is 0 Å². The Hall–Kier alpha value is -1.73. The van der Waals surface area contributed by atoms with E-state index in [9.17, 15) is 17.6 Å². The standard InChI is InChI=1S/C22H26F4N2S/c1-3-17-4-6-18(7-5-17)14-27-8-10-28(11-9-27)20-13-21(16(2)12-19(20)23)29-15-22(24,25)26/h4-7,12-13H,3,8-11,14-15H2,1-2H3. The SMILES string of the molecule is CCc1ccc(CN2CCN(c3cc(SCC(F)(F)F)c(C)cc3F)CC2)cc1. The monoisotopic (exact) mass is 426 g/mol. The number of aryl methyl sites for hydroxylation is 2. The maximum Gasteiger partial charge on any atom is 0.398 e. The van der Waals surface area contributed by atoms with Gasteiger partial charge in [-0.2, -0.15) is 13.2 Å². The van der Waals surface area contributed by atoms with Gasteiger partial charge in [-0.05, 0) is 42.2 Å². The first-order chi connectivity index (χ1) is 13.7. The van der Waals surface area contributed by atoms with E-state index in [4.69, 9.17) is 0 Å². The predicted molar refractivity (Wildman–Crippen MR) is 111 cm³/mol. The van der Waals surface area contributed by atoms with Crippen LogP contribution in [0.5, 0.6) is 0 Å². The Morgan fingerprint density at radius 1 is 0.966 bits per heavy atom. The minimum absolute atomic E-state index is 0.373. The lowest BCUT2D eigenvalue weighted by molar-refractivity contribution is -0.105. The van der Waals surface area contributed by atoms with Crippen LogP contribution in [0.25, 0.3) is 0 Å². The van der Waals surface area contributed by atoms with Gasteiger partial charge in [-0.1, -0.05) is 31.2 Å². The molecule has 7 heteroatoms. The van der Waals surface area contributed by atoms with Gasteiger partial charge < -0.3 is 4.90 Å². The Morgan fingerprint density at radius 3 is 2.17 bits per heavy atom. The first-order valence-corrected chi connectivity index (χ1v) is 10.8. The molecule has 0 aromatic heterocycles. The number of alkyl halides is 3. The number of rotatable bonds is 6. The summed E-state index contributed by atoms with van der Waals surface area (Å²) in [5.74, 6) is -1.34. The molecule has 0 saturated carbocycles. The van der Waals surface area contributed by atoms with Crippen molar-refractivity contribution in [1.82, 2.24) is 4.90 Å². The van der Waals surface area contributed by atoms with Gasteiger partial charge in [-0.15, -0.1) is 11.8 Å². The number of nitrogens with zero attached hydrogens (tertiary/aromatic N) is 2. The Balaban J connectivity index is 1.62. The molecule has 1 fully saturated rings. The molecule has 2 nitrogen and oxygen atoms in total. The number of halogens is 4. The molecule has 1 aliphatic rings. The van der Waals surface area contributed by atoms with Gasteiger partial charge in [0.1, 0.15) is 5.82 Å². The molecule has 2 aromatic carbocycles. The van der Waals surface area contributed by atoms with Crippen molar-refractivity contribution in [3.63, 3.8) is 0 Å². The molecular weight excluding hydrogens is 400 g/mol. The highest BCUT2D eigenvalue weighted by molar-refractivity contribution is 7.99. The second-order valence-corrected chi connectivity index (χ2v) is 8.42. The minimum atomic E-state index is -4.24. The molecule has 0 aliphatic carbocycles. The largest absolute Gasteiger partial charge is 0.398 e. The number of piperazine rings is 1. The molecule has 3 rings (SSSR count). The fraction of sp³-hybridized carbons (Fsp3) is 0.455. The zero-order valence-corrected chi connectivity index (χ0v) is 17.5. The lowest BCUT2D eigenvalue weighted by Gasteiger charge is -2.36. The van der Waals surface area contributed by atoms with E-state index in [1.807, 2.05) is 4.90 Å². The molecule has 2 aromatic rings. The van der Waals surface area contributed by atoms with E-state index in [0.717, 1.165) is 37.8 Å². The molecule has 0 bridgehead atoms. The number of thioether (sulfide) groups is 1. The summed E-state index contributed by atoms with van der Waals surface area (Å²) in [4.78, 5) is 4.74. The van der Waals surface area contributed by atoms with Gasteiger partial charge in [0.15, 0.2) is 0 Å². The molecule has 1 heterocycles. The molecule has 0 spiro atoms. The molecule has 0 unspecified atom stereocenters. The van der Waals surface area contributed by atoms with Crippen molar-refractivity contribution in [3.8, 4) is 0 Å². The van der Waals surface area contributed by atoms with E-state index in [1.165, 1.54) is 17.2 Å². The summed E-state index contributed by atoms with van der Waals surface area (Å²) in [6, 6.07) is 11.5. The van der Waals surface area contributed by atoms with Crippen molar-refractivity contribution < 1.29 is 17.6 Å². The fourth-order valence-electron chi connectivity index (χ4n) is 3.48. The minimum Gasteiger partial charge on any atom is -0.367 e. The Morgan fingerprint density at radius 2 is 1.59 bits per heavy atom. The second-order valence-electron chi connectivity index (χ2n) is 7.41. The normalized spacial score (nSPS) is 15.7. The van der Waals surface area contributed by atoms with Crippen LogP contribution in [-0.2, 0) is 13.0 Å². The van der Waals surface area contributed by atoms with E-state index in [2.05, 4.69) is 36.1 Å². The summed E-state index contributed by atoms with van der Waals surface area (Å²) in [6.45, 7) is 7.49. The summed E-state index contributed by atoms with van der Waals surface area (Å²) >= 11 is 0.717. The quantitative estimate of drug-likeness (QED) is 0.434. The van der Waals surface area contributed by atoms with Crippen LogP contribution in [-0.4, -0.2) is 43.0 Å². The van der Waals surface area contributed by atoms with Crippen LogP contribution < -0.4 is 4.90 Å². The second kappa shape index (κ2) is 9.39. The summed E-state index contributed by atoms with van der Waals surface area (Å²) in [5, 5.41) is 0. The Kier molecular flexibility index (Phi) is 7.11. The molecule has 0 atom stereocenters. The molecule has 158 valence electrons. The maximum absolute atomic E-state index is 14.5. The van der Waals surface area contributed by atoms with E-state index in [0.29, 0.717) is 29.2 Å². The Labute approximate surface area is 173 Å². The summed E-state index contributed by atoms with van der Waals surface area (Å²) in [5.41, 5.74) is 3.50. The van der Waals surface area contributed by atoms with Crippen LogP contribution in [0, 0.1) is 12.7 Å². The van der Waals surface area contributed by atoms with Crippen molar-refractivity contribution in [3.05, 3.63) is 58.9 Å².